The van der Waals surface area contributed by atoms with Gasteiger partial charge in [-0.05, 0) is 44.9 Å². The Morgan fingerprint density at radius 2 is 2.00 bits per heavy atom. The van der Waals surface area contributed by atoms with Gasteiger partial charge in [0.2, 0.25) is 17.7 Å². The highest BCUT2D eigenvalue weighted by atomic mass is 19.3. The lowest BCUT2D eigenvalue weighted by Crippen LogP contribution is -2.46. The summed E-state index contributed by atoms with van der Waals surface area (Å²) in [5.41, 5.74) is 3.85. The Bertz CT molecular complexity index is 814. The first-order chi connectivity index (χ1) is 14.0. The third-order valence-electron chi connectivity index (χ3n) is 7.06. The fourth-order valence-electron chi connectivity index (χ4n) is 4.92. The van der Waals surface area contributed by atoms with Gasteiger partial charge in [-0.25, -0.2) is 13.6 Å². The molecule has 4 rings (SSSR count). The Morgan fingerprint density at radius 3 is 2.50 bits per heavy atom. The van der Waals surface area contributed by atoms with E-state index < -0.39 is 53.1 Å². The van der Waals surface area contributed by atoms with E-state index in [-0.39, 0.29) is 24.9 Å². The maximum atomic E-state index is 14.0. The zero-order valence-electron chi connectivity index (χ0n) is 16.9. The molecule has 4 fully saturated rings. The second-order valence-corrected chi connectivity index (χ2v) is 9.66. The van der Waals surface area contributed by atoms with E-state index in [0.717, 1.165) is 19.8 Å². The highest BCUT2D eigenvalue weighted by molar-refractivity contribution is 5.83. The van der Waals surface area contributed by atoms with Crippen molar-refractivity contribution in [3.05, 3.63) is 0 Å². The van der Waals surface area contributed by atoms with Crippen LogP contribution in [0.5, 0.6) is 0 Å². The van der Waals surface area contributed by atoms with E-state index in [9.17, 15) is 28.4 Å². The van der Waals surface area contributed by atoms with Crippen LogP contribution in [0.2, 0.25) is 0 Å². The number of carbonyl (C=O) groups is 3. The first-order valence-electron chi connectivity index (χ1n) is 10.4. The highest BCUT2D eigenvalue weighted by Crippen LogP contribution is 2.63. The van der Waals surface area contributed by atoms with Gasteiger partial charge in [0.1, 0.15) is 5.54 Å². The molecule has 0 bridgehead atoms. The molecule has 3 unspecified atom stereocenters. The Kier molecular flexibility index (Phi) is 4.71. The molecule has 10 heteroatoms. The molecule has 4 N–H and O–H groups in total. The summed E-state index contributed by atoms with van der Waals surface area (Å²) in [4.78, 5) is 38.5. The third-order valence-corrected chi connectivity index (χ3v) is 7.06. The summed E-state index contributed by atoms with van der Waals surface area (Å²) in [6.45, 7) is 1.21. The lowest BCUT2D eigenvalue weighted by Gasteiger charge is -2.26. The smallest absolute Gasteiger partial charge is 0.314 e. The zero-order chi connectivity index (χ0) is 21.9. The van der Waals surface area contributed by atoms with Crippen molar-refractivity contribution in [3.8, 4) is 6.07 Å². The lowest BCUT2D eigenvalue weighted by atomic mass is 9.86. The number of likely N-dealkylation sites (tertiary alicyclic amines) is 1. The average Bonchev–Trinajstić information content (AvgIpc) is 3.52. The van der Waals surface area contributed by atoms with Crippen LogP contribution in [0.1, 0.15) is 45.4 Å². The number of amides is 4. The topological polar surface area (TPSA) is 128 Å². The molecule has 1 saturated heterocycles. The Labute approximate surface area is 173 Å². The van der Waals surface area contributed by atoms with Gasteiger partial charge in [0.05, 0.1) is 12.1 Å². The van der Waals surface area contributed by atoms with Crippen molar-refractivity contribution in [2.45, 2.75) is 63.0 Å². The molecule has 0 radical (unpaired) electrons. The number of hydrogen-bond donors (Lipinski definition) is 3. The van der Waals surface area contributed by atoms with Crippen LogP contribution in [-0.2, 0) is 9.59 Å². The van der Waals surface area contributed by atoms with Crippen LogP contribution in [0, 0.1) is 34.5 Å². The van der Waals surface area contributed by atoms with E-state index in [1.165, 1.54) is 4.90 Å². The Balaban J connectivity index is 1.54. The molecule has 0 aromatic heterocycles. The largest absolute Gasteiger partial charge is 0.351 e. The number of halogens is 2. The summed E-state index contributed by atoms with van der Waals surface area (Å²) in [6.07, 6.45) is 2.45. The minimum Gasteiger partial charge on any atom is -0.351 e. The maximum Gasteiger partial charge on any atom is 0.314 e. The molecule has 1 aliphatic heterocycles. The summed E-state index contributed by atoms with van der Waals surface area (Å²) in [6, 6.07) is 0.997. The van der Waals surface area contributed by atoms with Crippen molar-refractivity contribution < 1.29 is 23.2 Å². The molecule has 8 nitrogen and oxygen atoms in total. The molecule has 30 heavy (non-hydrogen) atoms. The quantitative estimate of drug-likeness (QED) is 0.567. The van der Waals surface area contributed by atoms with Crippen molar-refractivity contribution in [1.29, 1.82) is 5.26 Å². The summed E-state index contributed by atoms with van der Waals surface area (Å²) in [7, 11) is 0. The molecule has 164 valence electrons. The fraction of sp³-hybridized carbons (Fsp3) is 0.800. The number of rotatable bonds is 7. The third kappa shape index (κ3) is 3.94. The van der Waals surface area contributed by atoms with Crippen molar-refractivity contribution in [2.75, 3.05) is 13.1 Å². The van der Waals surface area contributed by atoms with E-state index in [1.807, 2.05) is 0 Å². The van der Waals surface area contributed by atoms with Crippen LogP contribution in [0.15, 0.2) is 0 Å². The van der Waals surface area contributed by atoms with Gasteiger partial charge in [0, 0.05) is 36.8 Å². The van der Waals surface area contributed by atoms with Gasteiger partial charge in [-0.1, -0.05) is 0 Å². The van der Waals surface area contributed by atoms with Crippen LogP contribution in [-0.4, -0.2) is 53.3 Å². The molecule has 0 aromatic rings. The Hall–Kier alpha value is -2.44. The number of nitrogens with one attached hydrogen (secondary N) is 2. The van der Waals surface area contributed by atoms with Crippen molar-refractivity contribution in [2.24, 2.45) is 28.9 Å². The van der Waals surface area contributed by atoms with Crippen LogP contribution in [0.25, 0.3) is 0 Å². The summed E-state index contributed by atoms with van der Waals surface area (Å²) >= 11 is 0. The van der Waals surface area contributed by atoms with Gasteiger partial charge in [0.25, 0.3) is 0 Å². The first-order valence-corrected chi connectivity index (χ1v) is 10.4. The molecule has 1 spiro atoms. The van der Waals surface area contributed by atoms with Gasteiger partial charge in [0.15, 0.2) is 0 Å². The molecule has 1 heterocycles. The van der Waals surface area contributed by atoms with E-state index in [1.54, 1.807) is 0 Å². The second kappa shape index (κ2) is 6.79. The maximum absolute atomic E-state index is 14.0. The van der Waals surface area contributed by atoms with Gasteiger partial charge < -0.3 is 21.3 Å². The molecule has 0 aromatic carbocycles. The van der Waals surface area contributed by atoms with Gasteiger partial charge in [-0.2, -0.15) is 5.26 Å². The minimum absolute atomic E-state index is 0.0358. The number of primary amides is 1. The van der Waals surface area contributed by atoms with Gasteiger partial charge >= 0.3 is 6.03 Å². The summed E-state index contributed by atoms with van der Waals surface area (Å²) < 4.78 is 27.9. The van der Waals surface area contributed by atoms with Crippen molar-refractivity contribution in [1.82, 2.24) is 15.5 Å². The monoisotopic (exact) mass is 423 g/mol. The molecule has 4 atom stereocenters. The molecule has 4 amide bonds. The zero-order valence-corrected chi connectivity index (χ0v) is 16.9. The van der Waals surface area contributed by atoms with Crippen LogP contribution < -0.4 is 16.4 Å². The average molecular weight is 423 g/mol. The number of urea groups is 1. The molecule has 3 aliphatic carbocycles. The molecule has 3 saturated carbocycles. The fourth-order valence-corrected chi connectivity index (χ4v) is 4.92. The van der Waals surface area contributed by atoms with Crippen molar-refractivity contribution in [3.63, 3.8) is 0 Å². The van der Waals surface area contributed by atoms with Crippen molar-refractivity contribution >= 4 is 17.8 Å². The number of nitriles is 1. The SMILES string of the molecule is CC(F)(F)C[C@H](C(=O)NC1(C#N)CC1)C1CC12CN(C(N)=O)CC2NC(=O)C1CC1. The number of nitrogens with two attached hydrogens (primary N) is 1. The number of carbonyl (C=O) groups excluding carboxylic acids is 3. The summed E-state index contributed by atoms with van der Waals surface area (Å²) in [5, 5.41) is 14.9. The second-order valence-electron chi connectivity index (χ2n) is 9.66. The predicted octanol–water partition coefficient (Wildman–Crippen LogP) is 1.12. The molecular formula is C20H27F2N5O3. The van der Waals surface area contributed by atoms with Crippen LogP contribution >= 0.6 is 0 Å². The lowest BCUT2D eigenvalue weighted by molar-refractivity contribution is -0.130. The van der Waals surface area contributed by atoms with Crippen LogP contribution in [0.3, 0.4) is 0 Å². The minimum atomic E-state index is -3.07. The molecular weight excluding hydrogens is 396 g/mol. The number of alkyl halides is 2. The van der Waals surface area contributed by atoms with Crippen LogP contribution in [0.4, 0.5) is 13.6 Å². The molecule has 4 aliphatic rings. The number of nitrogens with zero attached hydrogens (tertiary/aromatic N) is 2. The van der Waals surface area contributed by atoms with Gasteiger partial charge in [-0.15, -0.1) is 0 Å². The first kappa shape index (κ1) is 20.8. The normalized spacial score (nSPS) is 32.3. The predicted molar refractivity (Wildman–Crippen MR) is 101 cm³/mol. The van der Waals surface area contributed by atoms with E-state index >= 15 is 0 Å². The standard InChI is InChI=1S/C20H27F2N5O3/c1-18(21,22)6-12(16(29)26-19(9-23)4-5-19)13-7-20(13)10-27(17(24)30)8-14(20)25-15(28)11-2-3-11/h11-14H,2-8,10H2,1H3,(H2,24,30)(H,25,28)(H,26,29)/t12-,13?,14?,20?/m0/s1. The number of hydrogen-bond acceptors (Lipinski definition) is 4. The Morgan fingerprint density at radius 1 is 1.33 bits per heavy atom. The van der Waals surface area contributed by atoms with E-state index in [0.29, 0.717) is 19.3 Å². The van der Waals surface area contributed by atoms with E-state index in [2.05, 4.69) is 16.7 Å². The van der Waals surface area contributed by atoms with E-state index in [4.69, 9.17) is 5.73 Å². The van der Waals surface area contributed by atoms with Gasteiger partial charge in [-0.3, -0.25) is 9.59 Å². The summed E-state index contributed by atoms with van der Waals surface area (Å²) in [5.74, 6) is -5.19. The highest BCUT2D eigenvalue weighted by Gasteiger charge is 2.68.